The number of methoxy groups -OCH3 is 2. The maximum absolute atomic E-state index is 13.6. The molecule has 40 heavy (non-hydrogen) atoms. The highest BCUT2D eigenvalue weighted by Crippen LogP contribution is 2.46. The molecule has 10 heteroatoms. The zero-order valence-electron chi connectivity index (χ0n) is 22.1. The number of amides is 1. The minimum Gasteiger partial charge on any atom is -0.507 e. The number of rotatable bonds is 6. The van der Waals surface area contributed by atoms with Gasteiger partial charge in [-0.2, -0.15) is 0 Å². The molecule has 9 nitrogen and oxygen atoms in total. The molecule has 1 atom stereocenters. The van der Waals surface area contributed by atoms with E-state index in [2.05, 4.69) is 6.92 Å². The number of nitrogens with zero attached hydrogens (tertiary/aromatic N) is 2. The molecule has 0 spiro atoms. The maximum Gasteiger partial charge on any atom is 0.301 e. The normalized spacial score (nSPS) is 17.9. The second-order valence-electron chi connectivity index (χ2n) is 9.29. The van der Waals surface area contributed by atoms with E-state index in [4.69, 9.17) is 23.9 Å². The average molecular weight is 559 g/mol. The van der Waals surface area contributed by atoms with E-state index in [1.54, 1.807) is 36.4 Å². The highest BCUT2D eigenvalue weighted by atomic mass is 32.1. The molecule has 4 aromatic rings. The smallest absolute Gasteiger partial charge is 0.301 e. The minimum atomic E-state index is -0.973. The third-order valence-corrected chi connectivity index (χ3v) is 8.06. The first-order valence-electron chi connectivity index (χ1n) is 12.8. The number of ketones is 1. The summed E-state index contributed by atoms with van der Waals surface area (Å²) in [5.74, 6) is -0.0315. The topological polar surface area (TPSA) is 107 Å². The predicted octanol–water partition coefficient (Wildman–Crippen LogP) is 5.27. The monoisotopic (exact) mass is 558 g/mol. The summed E-state index contributed by atoms with van der Waals surface area (Å²) in [6.07, 6.45) is 0.856. The Bertz CT molecular complexity index is 1690. The second-order valence-corrected chi connectivity index (χ2v) is 10.3. The zero-order valence-corrected chi connectivity index (χ0v) is 22.9. The Kier molecular flexibility index (Phi) is 6.55. The van der Waals surface area contributed by atoms with Crippen LogP contribution in [0.2, 0.25) is 0 Å². The van der Waals surface area contributed by atoms with Crippen molar-refractivity contribution in [3.05, 3.63) is 76.9 Å². The number of aliphatic hydroxyl groups is 1. The van der Waals surface area contributed by atoms with Gasteiger partial charge in [0.15, 0.2) is 28.1 Å². The van der Waals surface area contributed by atoms with Crippen molar-refractivity contribution in [1.29, 1.82) is 0 Å². The summed E-state index contributed by atoms with van der Waals surface area (Å²) in [6, 6.07) is 15.0. The van der Waals surface area contributed by atoms with E-state index in [1.165, 1.54) is 30.5 Å². The quantitative estimate of drug-likeness (QED) is 0.194. The number of benzene rings is 3. The van der Waals surface area contributed by atoms with Gasteiger partial charge in [-0.15, -0.1) is 0 Å². The largest absolute Gasteiger partial charge is 0.507 e. The average Bonchev–Trinajstić information content (AvgIpc) is 3.53. The van der Waals surface area contributed by atoms with Crippen LogP contribution in [-0.2, 0) is 16.0 Å². The summed E-state index contributed by atoms with van der Waals surface area (Å²) in [4.78, 5) is 33.3. The van der Waals surface area contributed by atoms with Gasteiger partial charge in [0.05, 0.1) is 36.1 Å². The summed E-state index contributed by atoms with van der Waals surface area (Å²) in [5.41, 5.74) is 2.66. The number of hydrogen-bond donors (Lipinski definition) is 1. The Morgan fingerprint density at radius 2 is 1.77 bits per heavy atom. The Hall–Kier alpha value is -4.57. The number of hydrogen-bond acceptors (Lipinski definition) is 9. The highest BCUT2D eigenvalue weighted by Gasteiger charge is 2.48. The van der Waals surface area contributed by atoms with Crippen molar-refractivity contribution in [3.63, 3.8) is 0 Å². The minimum absolute atomic E-state index is 0.0672. The predicted molar refractivity (Wildman–Crippen MR) is 151 cm³/mol. The Balaban J connectivity index is 1.55. The molecule has 6 rings (SSSR count). The third-order valence-electron chi connectivity index (χ3n) is 7.04. The van der Waals surface area contributed by atoms with Crippen LogP contribution in [0.4, 0.5) is 5.13 Å². The van der Waals surface area contributed by atoms with E-state index in [0.29, 0.717) is 52.5 Å². The molecular weight excluding hydrogens is 532 g/mol. The molecule has 0 bridgehead atoms. The SMILES string of the molecule is CCc1ccc2nc(N3C(=O)C(=O)/C(=C(/O)c4ccc5c(c4)OCCO5)C3c3ccc(OC)c(OC)c3)sc2c1. The van der Waals surface area contributed by atoms with Gasteiger partial charge in [0, 0.05) is 5.56 Å². The molecule has 0 aliphatic carbocycles. The van der Waals surface area contributed by atoms with Gasteiger partial charge in [-0.1, -0.05) is 30.4 Å². The van der Waals surface area contributed by atoms with Crippen molar-refractivity contribution >= 4 is 44.1 Å². The summed E-state index contributed by atoms with van der Waals surface area (Å²) in [6.45, 7) is 2.85. The first kappa shape index (κ1) is 25.7. The lowest BCUT2D eigenvalue weighted by molar-refractivity contribution is -0.132. The van der Waals surface area contributed by atoms with Crippen molar-refractivity contribution in [2.75, 3.05) is 32.3 Å². The van der Waals surface area contributed by atoms with Gasteiger partial charge >= 0.3 is 5.91 Å². The summed E-state index contributed by atoms with van der Waals surface area (Å²) in [5, 5.41) is 11.9. The van der Waals surface area contributed by atoms with E-state index in [0.717, 1.165) is 22.2 Å². The van der Waals surface area contributed by atoms with Crippen LogP contribution in [0.3, 0.4) is 0 Å². The van der Waals surface area contributed by atoms with Crippen molar-refractivity contribution in [1.82, 2.24) is 4.98 Å². The number of ether oxygens (including phenoxy) is 4. The summed E-state index contributed by atoms with van der Waals surface area (Å²) < 4.78 is 23.1. The maximum atomic E-state index is 13.6. The van der Waals surface area contributed by atoms with E-state index in [9.17, 15) is 14.7 Å². The van der Waals surface area contributed by atoms with Gasteiger partial charge in [-0.05, 0) is 60.0 Å². The lowest BCUT2D eigenvalue weighted by atomic mass is 9.95. The van der Waals surface area contributed by atoms with Crippen molar-refractivity contribution in [2.24, 2.45) is 0 Å². The number of fused-ring (bicyclic) bond motifs is 2. The first-order chi connectivity index (χ1) is 19.4. The number of aromatic nitrogens is 1. The van der Waals surface area contributed by atoms with Crippen molar-refractivity contribution in [3.8, 4) is 23.0 Å². The molecule has 1 saturated heterocycles. The molecule has 1 aromatic heterocycles. The number of thiazole rings is 1. The molecule has 1 unspecified atom stereocenters. The number of anilines is 1. The van der Waals surface area contributed by atoms with Gasteiger partial charge < -0.3 is 24.1 Å². The van der Waals surface area contributed by atoms with Crippen LogP contribution >= 0.6 is 11.3 Å². The third kappa shape index (κ3) is 4.21. The van der Waals surface area contributed by atoms with Gasteiger partial charge in [0.1, 0.15) is 19.0 Å². The lowest BCUT2D eigenvalue weighted by Crippen LogP contribution is -2.29. The fourth-order valence-electron chi connectivity index (χ4n) is 4.99. The van der Waals surface area contributed by atoms with Crippen LogP contribution in [0.25, 0.3) is 16.0 Å². The van der Waals surface area contributed by atoms with Gasteiger partial charge in [-0.3, -0.25) is 14.5 Å². The fourth-order valence-corrected chi connectivity index (χ4v) is 6.05. The zero-order chi connectivity index (χ0) is 28.0. The van der Waals surface area contributed by atoms with Crippen LogP contribution in [0, 0.1) is 0 Å². The van der Waals surface area contributed by atoms with E-state index >= 15 is 0 Å². The molecule has 3 heterocycles. The van der Waals surface area contributed by atoms with Crippen LogP contribution < -0.4 is 23.8 Å². The highest BCUT2D eigenvalue weighted by molar-refractivity contribution is 7.22. The van der Waals surface area contributed by atoms with Crippen molar-refractivity contribution in [2.45, 2.75) is 19.4 Å². The number of carbonyl (C=O) groups is 2. The molecule has 1 amide bonds. The van der Waals surface area contributed by atoms with Gasteiger partial charge in [-0.25, -0.2) is 4.98 Å². The molecule has 204 valence electrons. The molecular formula is C30H26N2O7S. The number of aryl methyl sites for hydroxylation is 1. The van der Waals surface area contributed by atoms with Crippen LogP contribution in [0.15, 0.2) is 60.2 Å². The van der Waals surface area contributed by atoms with Crippen LogP contribution in [0.5, 0.6) is 23.0 Å². The van der Waals surface area contributed by atoms with Gasteiger partial charge in [0.25, 0.3) is 5.78 Å². The fraction of sp³-hybridized carbons (Fsp3) is 0.233. The van der Waals surface area contributed by atoms with E-state index in [-0.39, 0.29) is 11.3 Å². The van der Waals surface area contributed by atoms with E-state index < -0.39 is 17.7 Å². The van der Waals surface area contributed by atoms with E-state index in [1.807, 2.05) is 18.2 Å². The molecule has 1 N–H and O–H groups in total. The van der Waals surface area contributed by atoms with Crippen LogP contribution in [-0.4, -0.2) is 49.2 Å². The molecule has 1 fully saturated rings. The van der Waals surface area contributed by atoms with Gasteiger partial charge in [0.2, 0.25) is 0 Å². The lowest BCUT2D eigenvalue weighted by Gasteiger charge is -2.24. The molecule has 0 radical (unpaired) electrons. The summed E-state index contributed by atoms with van der Waals surface area (Å²) >= 11 is 1.32. The first-order valence-corrected chi connectivity index (χ1v) is 13.6. The Morgan fingerprint density at radius 1 is 1.00 bits per heavy atom. The summed E-state index contributed by atoms with van der Waals surface area (Å²) in [7, 11) is 3.03. The molecule has 0 saturated carbocycles. The molecule has 3 aromatic carbocycles. The van der Waals surface area contributed by atoms with Crippen LogP contribution in [0.1, 0.15) is 29.7 Å². The molecule has 2 aliphatic rings. The number of aliphatic hydroxyl groups excluding tert-OH is 1. The number of carbonyl (C=O) groups excluding carboxylic acids is 2. The number of Topliss-reactive ketones (excluding diaryl/α,β-unsaturated/α-hetero) is 1. The van der Waals surface area contributed by atoms with Crippen molar-refractivity contribution < 1.29 is 33.6 Å². The Morgan fingerprint density at radius 3 is 2.52 bits per heavy atom. The Labute approximate surface area is 234 Å². The standard InChI is InChI=1S/C30H26N2O7S/c1-4-16-5-8-19-24(13-16)40-30(31-19)32-26(17-6-9-20(36-2)22(14-17)37-3)25(28(34)29(32)35)27(33)18-7-10-21-23(15-18)39-12-11-38-21/h5-10,13-15,26,33H,4,11-12H2,1-3H3/b27-25+. The second kappa shape index (κ2) is 10.2. The molecule has 2 aliphatic heterocycles.